The van der Waals surface area contributed by atoms with Gasteiger partial charge in [0.1, 0.15) is 0 Å². The number of nitrogens with one attached hydrogen (secondary N) is 1. The lowest BCUT2D eigenvalue weighted by atomic mass is 9.70. The largest absolute Gasteiger partial charge is 0.380 e. The first-order valence-corrected chi connectivity index (χ1v) is 6.95. The van der Waals surface area contributed by atoms with Crippen LogP contribution in [0.2, 0.25) is 0 Å². The van der Waals surface area contributed by atoms with Gasteiger partial charge in [0.25, 0.3) is 0 Å². The lowest BCUT2D eigenvalue weighted by Crippen LogP contribution is -2.41. The van der Waals surface area contributed by atoms with Gasteiger partial charge in [-0.2, -0.15) is 0 Å². The first-order chi connectivity index (χ1) is 8.03. The molecule has 1 fully saturated rings. The van der Waals surface area contributed by atoms with Crippen molar-refractivity contribution >= 4 is 0 Å². The second kappa shape index (κ2) is 7.17. The van der Waals surface area contributed by atoms with Crippen molar-refractivity contribution < 1.29 is 4.74 Å². The molecule has 2 nitrogen and oxygen atoms in total. The second-order valence-corrected chi connectivity index (χ2v) is 6.25. The summed E-state index contributed by atoms with van der Waals surface area (Å²) in [4.78, 5) is 0. The first-order valence-electron chi connectivity index (χ1n) is 6.95. The van der Waals surface area contributed by atoms with Crippen LogP contribution in [0.25, 0.3) is 0 Å². The maximum absolute atomic E-state index is 5.51. The molecule has 0 saturated heterocycles. The standard InChI is InChI=1S/C15H29NO/c1-5-6-8-17-9-7-16-14-10-13(2)11-15(3,4)12-14/h5,13-14,16H,1,6-12H2,2-4H3. The highest BCUT2D eigenvalue weighted by Crippen LogP contribution is 2.38. The Morgan fingerprint density at radius 1 is 1.35 bits per heavy atom. The van der Waals surface area contributed by atoms with Crippen LogP contribution in [-0.4, -0.2) is 25.8 Å². The van der Waals surface area contributed by atoms with E-state index in [4.69, 9.17) is 4.74 Å². The summed E-state index contributed by atoms with van der Waals surface area (Å²) in [6.45, 7) is 13.4. The van der Waals surface area contributed by atoms with E-state index in [1.165, 1.54) is 19.3 Å². The second-order valence-electron chi connectivity index (χ2n) is 6.25. The van der Waals surface area contributed by atoms with Gasteiger partial charge in [-0.05, 0) is 37.0 Å². The normalized spacial score (nSPS) is 27.9. The van der Waals surface area contributed by atoms with Gasteiger partial charge >= 0.3 is 0 Å². The Hall–Kier alpha value is -0.340. The van der Waals surface area contributed by atoms with Crippen LogP contribution in [0.3, 0.4) is 0 Å². The predicted molar refractivity (Wildman–Crippen MR) is 74.2 cm³/mol. The van der Waals surface area contributed by atoms with Gasteiger partial charge in [-0.15, -0.1) is 6.58 Å². The minimum Gasteiger partial charge on any atom is -0.380 e. The first kappa shape index (κ1) is 14.7. The third-order valence-corrected chi connectivity index (χ3v) is 3.53. The van der Waals surface area contributed by atoms with Crippen molar-refractivity contribution in [3.63, 3.8) is 0 Å². The summed E-state index contributed by atoms with van der Waals surface area (Å²) < 4.78 is 5.51. The zero-order valence-corrected chi connectivity index (χ0v) is 11.8. The highest BCUT2D eigenvalue weighted by Gasteiger charge is 2.31. The van der Waals surface area contributed by atoms with Gasteiger partial charge in [-0.1, -0.05) is 26.8 Å². The Morgan fingerprint density at radius 3 is 2.76 bits per heavy atom. The molecule has 0 aromatic heterocycles. The molecule has 0 aromatic carbocycles. The van der Waals surface area contributed by atoms with Gasteiger partial charge in [0.15, 0.2) is 0 Å². The molecule has 1 aliphatic carbocycles. The van der Waals surface area contributed by atoms with Crippen molar-refractivity contribution in [2.24, 2.45) is 11.3 Å². The van der Waals surface area contributed by atoms with Gasteiger partial charge in [-0.25, -0.2) is 0 Å². The monoisotopic (exact) mass is 239 g/mol. The Morgan fingerprint density at radius 2 is 2.12 bits per heavy atom. The van der Waals surface area contributed by atoms with Gasteiger partial charge < -0.3 is 10.1 Å². The fourth-order valence-electron chi connectivity index (χ4n) is 3.11. The summed E-state index contributed by atoms with van der Waals surface area (Å²) in [6, 6.07) is 0.678. The summed E-state index contributed by atoms with van der Waals surface area (Å²) in [7, 11) is 0. The molecule has 0 aliphatic heterocycles. The van der Waals surface area contributed by atoms with Crippen molar-refractivity contribution in [3.8, 4) is 0 Å². The Kier molecular flexibility index (Phi) is 6.21. The van der Waals surface area contributed by atoms with Crippen LogP contribution in [-0.2, 0) is 4.74 Å². The van der Waals surface area contributed by atoms with Crippen LogP contribution < -0.4 is 5.32 Å². The average molecular weight is 239 g/mol. The third-order valence-electron chi connectivity index (χ3n) is 3.53. The molecule has 2 heteroatoms. The summed E-state index contributed by atoms with van der Waals surface area (Å²) in [5.74, 6) is 0.845. The Bertz CT molecular complexity index is 225. The van der Waals surface area contributed by atoms with E-state index in [1.54, 1.807) is 0 Å². The number of ether oxygens (including phenoxy) is 1. The lowest BCUT2D eigenvalue weighted by Gasteiger charge is -2.39. The maximum atomic E-state index is 5.51. The molecule has 2 unspecified atom stereocenters. The van der Waals surface area contributed by atoms with Crippen LogP contribution >= 0.6 is 0 Å². The van der Waals surface area contributed by atoms with E-state index in [0.29, 0.717) is 11.5 Å². The molecule has 1 N–H and O–H groups in total. The van der Waals surface area contributed by atoms with Gasteiger partial charge in [-0.3, -0.25) is 0 Å². The number of rotatable bonds is 7. The molecular weight excluding hydrogens is 210 g/mol. The molecule has 0 spiro atoms. The van der Waals surface area contributed by atoms with Crippen LogP contribution in [0.1, 0.15) is 46.5 Å². The summed E-state index contributed by atoms with van der Waals surface area (Å²) in [5, 5.41) is 3.63. The van der Waals surface area contributed by atoms with E-state index in [2.05, 4.69) is 32.7 Å². The predicted octanol–water partition coefficient (Wildman–Crippen LogP) is 3.38. The van der Waals surface area contributed by atoms with Crippen LogP contribution in [0.5, 0.6) is 0 Å². The number of hydrogen-bond donors (Lipinski definition) is 1. The van der Waals surface area contributed by atoms with Gasteiger partial charge in [0.2, 0.25) is 0 Å². The lowest BCUT2D eigenvalue weighted by molar-refractivity contribution is 0.119. The van der Waals surface area contributed by atoms with Gasteiger partial charge in [0.05, 0.1) is 13.2 Å². The Labute approximate surface area is 107 Å². The zero-order valence-electron chi connectivity index (χ0n) is 11.8. The summed E-state index contributed by atoms with van der Waals surface area (Å²) in [5.41, 5.74) is 0.499. The van der Waals surface area contributed by atoms with Crippen molar-refractivity contribution in [3.05, 3.63) is 12.7 Å². The molecule has 0 amide bonds. The van der Waals surface area contributed by atoms with Crippen LogP contribution in [0, 0.1) is 11.3 Å². The molecule has 0 radical (unpaired) electrons. The van der Waals surface area contributed by atoms with Crippen LogP contribution in [0.4, 0.5) is 0 Å². The molecule has 0 aromatic rings. The fourth-order valence-corrected chi connectivity index (χ4v) is 3.11. The zero-order chi connectivity index (χ0) is 12.7. The van der Waals surface area contributed by atoms with Gasteiger partial charge in [0, 0.05) is 12.6 Å². The van der Waals surface area contributed by atoms with Crippen molar-refractivity contribution in [1.82, 2.24) is 5.32 Å². The molecule has 1 saturated carbocycles. The SMILES string of the molecule is C=CCCOCCNC1CC(C)CC(C)(C)C1. The highest BCUT2D eigenvalue weighted by atomic mass is 16.5. The molecular formula is C15H29NO. The summed E-state index contributed by atoms with van der Waals surface area (Å²) >= 11 is 0. The van der Waals surface area contributed by atoms with E-state index in [0.717, 1.165) is 32.1 Å². The maximum Gasteiger partial charge on any atom is 0.0591 e. The van der Waals surface area contributed by atoms with Crippen LogP contribution in [0.15, 0.2) is 12.7 Å². The average Bonchev–Trinajstić information content (AvgIpc) is 2.20. The molecule has 1 rings (SSSR count). The van der Waals surface area contributed by atoms with E-state index in [9.17, 15) is 0 Å². The minimum absolute atomic E-state index is 0.499. The van der Waals surface area contributed by atoms with E-state index in [1.807, 2.05) is 6.08 Å². The topological polar surface area (TPSA) is 21.3 Å². The molecule has 17 heavy (non-hydrogen) atoms. The highest BCUT2D eigenvalue weighted by molar-refractivity contribution is 4.86. The van der Waals surface area contributed by atoms with Crippen molar-refractivity contribution in [2.45, 2.75) is 52.5 Å². The molecule has 0 heterocycles. The molecule has 2 atom stereocenters. The fraction of sp³-hybridized carbons (Fsp3) is 0.867. The number of hydrogen-bond acceptors (Lipinski definition) is 2. The smallest absolute Gasteiger partial charge is 0.0591 e. The van der Waals surface area contributed by atoms with Crippen molar-refractivity contribution in [1.29, 1.82) is 0 Å². The van der Waals surface area contributed by atoms with E-state index < -0.39 is 0 Å². The quantitative estimate of drug-likeness (QED) is 0.543. The Balaban J connectivity index is 2.12. The summed E-state index contributed by atoms with van der Waals surface area (Å²) in [6.07, 6.45) is 6.83. The van der Waals surface area contributed by atoms with Crippen molar-refractivity contribution in [2.75, 3.05) is 19.8 Å². The van der Waals surface area contributed by atoms with E-state index >= 15 is 0 Å². The van der Waals surface area contributed by atoms with E-state index in [-0.39, 0.29) is 0 Å². The molecule has 100 valence electrons. The third kappa shape index (κ3) is 6.23. The molecule has 1 aliphatic rings. The minimum atomic E-state index is 0.499. The molecule has 0 bridgehead atoms.